The molecule has 1 atom stereocenters. The van der Waals surface area contributed by atoms with Gasteiger partial charge in [-0.15, -0.1) is 0 Å². The van der Waals surface area contributed by atoms with Crippen LogP contribution in [0.4, 0.5) is 0 Å². The molecule has 0 saturated carbocycles. The van der Waals surface area contributed by atoms with Gasteiger partial charge in [0.1, 0.15) is 0 Å². The van der Waals surface area contributed by atoms with Crippen LogP contribution in [0.15, 0.2) is 29.3 Å². The van der Waals surface area contributed by atoms with Crippen LogP contribution in [0.5, 0.6) is 0 Å². The van der Waals surface area contributed by atoms with Gasteiger partial charge in [0.2, 0.25) is 0 Å². The van der Waals surface area contributed by atoms with E-state index in [2.05, 4.69) is 48.4 Å². The van der Waals surface area contributed by atoms with E-state index in [4.69, 9.17) is 0 Å². The van der Waals surface area contributed by atoms with Gasteiger partial charge >= 0.3 is 0 Å². The molecule has 0 amide bonds. The Kier molecular flexibility index (Phi) is 3.05. The second kappa shape index (κ2) is 4.47. The van der Waals surface area contributed by atoms with E-state index in [1.807, 2.05) is 0 Å². The molecule has 0 bridgehead atoms. The van der Waals surface area contributed by atoms with Crippen molar-refractivity contribution in [3.05, 3.63) is 35.4 Å². The van der Waals surface area contributed by atoms with E-state index in [0.717, 1.165) is 13.0 Å². The molecule has 1 unspecified atom stereocenters. The number of nitrogens with one attached hydrogen (secondary N) is 1. The summed E-state index contributed by atoms with van der Waals surface area (Å²) in [4.78, 5) is 4.42. The lowest BCUT2D eigenvalue weighted by molar-refractivity contribution is 0.709. The highest BCUT2D eigenvalue weighted by Crippen LogP contribution is 2.14. The molecular formula is C13H18N2. The van der Waals surface area contributed by atoms with Gasteiger partial charge < -0.3 is 5.32 Å². The summed E-state index contributed by atoms with van der Waals surface area (Å²) in [5.74, 6) is 1.17. The molecule has 15 heavy (non-hydrogen) atoms. The molecule has 0 saturated heterocycles. The lowest BCUT2D eigenvalue weighted by Gasteiger charge is -2.15. The van der Waals surface area contributed by atoms with Crippen LogP contribution < -0.4 is 5.32 Å². The fraction of sp³-hybridized carbons (Fsp3) is 0.462. The van der Waals surface area contributed by atoms with Crippen molar-refractivity contribution in [3.8, 4) is 0 Å². The Morgan fingerprint density at radius 2 is 2.00 bits per heavy atom. The molecule has 2 heteroatoms. The molecule has 1 aromatic rings. The minimum atomic E-state index is 0.363. The van der Waals surface area contributed by atoms with Crippen LogP contribution in [0.2, 0.25) is 0 Å². The SMILES string of the molecule is Cc1ccc(C(C)NC2=NCCC2)cc1. The van der Waals surface area contributed by atoms with Crippen molar-refractivity contribution in [2.75, 3.05) is 6.54 Å². The van der Waals surface area contributed by atoms with Crippen LogP contribution in [0, 0.1) is 6.92 Å². The Balaban J connectivity index is 2.00. The zero-order valence-corrected chi connectivity index (χ0v) is 9.46. The van der Waals surface area contributed by atoms with Gasteiger partial charge in [-0.3, -0.25) is 4.99 Å². The maximum absolute atomic E-state index is 4.42. The molecular weight excluding hydrogens is 184 g/mol. The van der Waals surface area contributed by atoms with Crippen LogP contribution in [0.3, 0.4) is 0 Å². The summed E-state index contributed by atoms with van der Waals surface area (Å²) in [6.45, 7) is 5.29. The van der Waals surface area contributed by atoms with Crippen LogP contribution in [-0.2, 0) is 0 Å². The van der Waals surface area contributed by atoms with Gasteiger partial charge in [0, 0.05) is 19.0 Å². The smallest absolute Gasteiger partial charge is 0.0968 e. The predicted octanol–water partition coefficient (Wildman–Crippen LogP) is 2.84. The number of amidine groups is 1. The molecule has 2 rings (SSSR count). The average Bonchev–Trinajstić information content (AvgIpc) is 2.71. The minimum Gasteiger partial charge on any atom is -0.367 e. The molecule has 0 spiro atoms. The summed E-state index contributed by atoms with van der Waals surface area (Å²) < 4.78 is 0. The minimum absolute atomic E-state index is 0.363. The third-order valence-electron chi connectivity index (χ3n) is 2.83. The van der Waals surface area contributed by atoms with E-state index >= 15 is 0 Å². The largest absolute Gasteiger partial charge is 0.367 e. The first-order chi connectivity index (χ1) is 7.25. The number of aryl methyl sites for hydroxylation is 1. The van der Waals surface area contributed by atoms with Crippen molar-refractivity contribution in [2.45, 2.75) is 32.7 Å². The van der Waals surface area contributed by atoms with Gasteiger partial charge in [-0.05, 0) is 25.8 Å². The quantitative estimate of drug-likeness (QED) is 0.783. The highest BCUT2D eigenvalue weighted by molar-refractivity contribution is 5.83. The lowest BCUT2D eigenvalue weighted by Crippen LogP contribution is -2.24. The Labute approximate surface area is 91.4 Å². The summed E-state index contributed by atoms with van der Waals surface area (Å²) in [6.07, 6.45) is 2.30. The van der Waals surface area contributed by atoms with Gasteiger partial charge in [0.25, 0.3) is 0 Å². The first-order valence-corrected chi connectivity index (χ1v) is 5.62. The van der Waals surface area contributed by atoms with Crippen LogP contribution >= 0.6 is 0 Å². The van der Waals surface area contributed by atoms with Crippen molar-refractivity contribution < 1.29 is 0 Å². The molecule has 1 aromatic carbocycles. The van der Waals surface area contributed by atoms with Crippen molar-refractivity contribution in [1.82, 2.24) is 5.32 Å². The first kappa shape index (κ1) is 10.2. The zero-order chi connectivity index (χ0) is 10.7. The fourth-order valence-electron chi connectivity index (χ4n) is 1.85. The third-order valence-corrected chi connectivity index (χ3v) is 2.83. The standard InChI is InChI=1S/C13H18N2/c1-10-5-7-12(8-6-10)11(2)15-13-4-3-9-14-13/h5-8,11H,3-4,9H2,1-2H3,(H,14,15). The molecule has 1 N–H and O–H groups in total. The van der Waals surface area contributed by atoms with E-state index in [-0.39, 0.29) is 0 Å². The molecule has 2 nitrogen and oxygen atoms in total. The molecule has 0 aliphatic carbocycles. The molecule has 1 aliphatic heterocycles. The highest BCUT2D eigenvalue weighted by atomic mass is 15.0. The topological polar surface area (TPSA) is 24.4 Å². The second-order valence-corrected chi connectivity index (χ2v) is 4.21. The molecule has 0 radical (unpaired) electrons. The third kappa shape index (κ3) is 2.58. The highest BCUT2D eigenvalue weighted by Gasteiger charge is 2.10. The Morgan fingerprint density at radius 3 is 2.60 bits per heavy atom. The van der Waals surface area contributed by atoms with Gasteiger partial charge in [-0.2, -0.15) is 0 Å². The van der Waals surface area contributed by atoms with E-state index in [1.54, 1.807) is 0 Å². The van der Waals surface area contributed by atoms with E-state index < -0.39 is 0 Å². The zero-order valence-electron chi connectivity index (χ0n) is 9.46. The molecule has 1 heterocycles. The predicted molar refractivity (Wildman–Crippen MR) is 64.3 cm³/mol. The number of hydrogen-bond acceptors (Lipinski definition) is 2. The van der Waals surface area contributed by atoms with E-state index in [1.165, 1.54) is 23.4 Å². The first-order valence-electron chi connectivity index (χ1n) is 5.62. The van der Waals surface area contributed by atoms with Gasteiger partial charge in [0.15, 0.2) is 0 Å². The Bertz CT molecular complexity index is 351. The maximum Gasteiger partial charge on any atom is 0.0968 e. The van der Waals surface area contributed by atoms with Gasteiger partial charge in [0.05, 0.1) is 5.84 Å². The monoisotopic (exact) mass is 202 g/mol. The second-order valence-electron chi connectivity index (χ2n) is 4.21. The Morgan fingerprint density at radius 1 is 1.27 bits per heavy atom. The lowest BCUT2D eigenvalue weighted by atomic mass is 10.1. The average molecular weight is 202 g/mol. The van der Waals surface area contributed by atoms with Crippen molar-refractivity contribution in [2.24, 2.45) is 4.99 Å². The summed E-state index contributed by atoms with van der Waals surface area (Å²) in [5, 5.41) is 3.46. The molecule has 0 fully saturated rings. The van der Waals surface area contributed by atoms with Gasteiger partial charge in [-0.25, -0.2) is 0 Å². The number of benzene rings is 1. The summed E-state index contributed by atoms with van der Waals surface area (Å²) in [7, 11) is 0. The Hall–Kier alpha value is -1.31. The number of aliphatic imine (C=N–C) groups is 1. The number of hydrogen-bond donors (Lipinski definition) is 1. The number of rotatable bonds is 2. The summed E-state index contributed by atoms with van der Waals surface area (Å²) >= 11 is 0. The van der Waals surface area contributed by atoms with E-state index in [0.29, 0.717) is 6.04 Å². The van der Waals surface area contributed by atoms with Crippen molar-refractivity contribution in [3.63, 3.8) is 0 Å². The molecule has 0 aromatic heterocycles. The normalized spacial score (nSPS) is 17.3. The maximum atomic E-state index is 4.42. The van der Waals surface area contributed by atoms with Crippen LogP contribution in [0.1, 0.15) is 36.9 Å². The molecule has 80 valence electrons. The van der Waals surface area contributed by atoms with Crippen LogP contribution in [0.25, 0.3) is 0 Å². The number of nitrogens with zero attached hydrogens (tertiary/aromatic N) is 1. The van der Waals surface area contributed by atoms with E-state index in [9.17, 15) is 0 Å². The van der Waals surface area contributed by atoms with Crippen molar-refractivity contribution >= 4 is 5.84 Å². The summed E-state index contributed by atoms with van der Waals surface area (Å²) in [6, 6.07) is 9.04. The van der Waals surface area contributed by atoms with Crippen molar-refractivity contribution in [1.29, 1.82) is 0 Å². The molecule has 1 aliphatic rings. The van der Waals surface area contributed by atoms with Gasteiger partial charge in [-0.1, -0.05) is 29.8 Å². The summed E-state index contributed by atoms with van der Waals surface area (Å²) in [5.41, 5.74) is 2.64. The fourth-order valence-corrected chi connectivity index (χ4v) is 1.85. The van der Waals surface area contributed by atoms with Crippen LogP contribution in [-0.4, -0.2) is 12.4 Å².